The van der Waals surface area contributed by atoms with Crippen molar-refractivity contribution < 1.29 is 4.79 Å². The third-order valence-electron chi connectivity index (χ3n) is 4.50. The summed E-state index contributed by atoms with van der Waals surface area (Å²) in [6.07, 6.45) is 0. The van der Waals surface area contributed by atoms with Gasteiger partial charge in [-0.05, 0) is 61.1 Å². The minimum atomic E-state index is 0.0648. The molecule has 4 nitrogen and oxygen atoms in total. The van der Waals surface area contributed by atoms with Gasteiger partial charge >= 0.3 is 0 Å². The summed E-state index contributed by atoms with van der Waals surface area (Å²) in [4.78, 5) is 15.9. The molecule has 6 heteroatoms. The number of nitrogens with one attached hydrogen (secondary N) is 1. The van der Waals surface area contributed by atoms with Crippen molar-refractivity contribution in [1.29, 1.82) is 0 Å². The van der Waals surface area contributed by atoms with Gasteiger partial charge in [0.05, 0.1) is 0 Å². The number of thiocarbonyl (C=S) groups is 1. The summed E-state index contributed by atoms with van der Waals surface area (Å²) in [7, 11) is 0. The highest BCUT2D eigenvalue weighted by atomic mass is 35.5. The second-order valence-corrected chi connectivity index (χ2v) is 7.28. The van der Waals surface area contributed by atoms with Gasteiger partial charge in [0.2, 0.25) is 0 Å². The van der Waals surface area contributed by atoms with Crippen LogP contribution in [0.4, 0.5) is 5.69 Å². The molecule has 2 aromatic rings. The van der Waals surface area contributed by atoms with E-state index in [1.165, 1.54) is 5.56 Å². The lowest BCUT2D eigenvalue weighted by Crippen LogP contribution is -2.49. The summed E-state index contributed by atoms with van der Waals surface area (Å²) in [6.45, 7) is 6.15. The Morgan fingerprint density at radius 2 is 1.81 bits per heavy atom. The maximum atomic E-state index is 11.3. The molecule has 0 aromatic heterocycles. The van der Waals surface area contributed by atoms with Crippen molar-refractivity contribution >= 4 is 40.4 Å². The number of nitrogens with zero attached hydrogens (tertiary/aromatic N) is 2. The van der Waals surface area contributed by atoms with Crippen LogP contribution in [0.2, 0.25) is 5.02 Å². The van der Waals surface area contributed by atoms with Crippen LogP contribution in [0.5, 0.6) is 0 Å². The van der Waals surface area contributed by atoms with Crippen LogP contribution in [-0.2, 0) is 6.54 Å². The van der Waals surface area contributed by atoms with Crippen LogP contribution in [0.3, 0.4) is 0 Å². The Balaban J connectivity index is 1.49. The van der Waals surface area contributed by atoms with Crippen molar-refractivity contribution in [3.05, 3.63) is 64.7 Å². The number of ketones is 1. The molecule has 0 radical (unpaired) electrons. The number of carbonyl (C=O) groups is 1. The van der Waals surface area contributed by atoms with E-state index in [1.54, 1.807) is 6.92 Å². The van der Waals surface area contributed by atoms with Gasteiger partial charge in [-0.15, -0.1) is 0 Å². The molecule has 3 rings (SSSR count). The molecular weight excluding hydrogens is 366 g/mol. The van der Waals surface area contributed by atoms with Crippen LogP contribution in [0.25, 0.3) is 0 Å². The summed E-state index contributed by atoms with van der Waals surface area (Å²) in [5.74, 6) is 0.0648. The number of anilines is 1. The van der Waals surface area contributed by atoms with Gasteiger partial charge in [-0.25, -0.2) is 0 Å². The topological polar surface area (TPSA) is 35.6 Å². The van der Waals surface area contributed by atoms with Gasteiger partial charge < -0.3 is 10.2 Å². The van der Waals surface area contributed by atoms with E-state index in [1.807, 2.05) is 42.5 Å². The molecule has 0 bridgehead atoms. The van der Waals surface area contributed by atoms with Gasteiger partial charge in [0.25, 0.3) is 0 Å². The molecule has 0 saturated carbocycles. The Hall–Kier alpha value is -1.95. The normalized spacial score (nSPS) is 14.9. The van der Waals surface area contributed by atoms with Crippen molar-refractivity contribution in [3.8, 4) is 0 Å². The molecule has 0 amide bonds. The van der Waals surface area contributed by atoms with E-state index in [9.17, 15) is 4.79 Å². The molecule has 1 N–H and O–H groups in total. The standard InChI is InChI=1S/C20H22ClN3OS/c1-15(25)17-5-7-19(8-6-17)22-20(26)24-11-9-23(10-12-24)14-16-3-2-4-18(21)13-16/h2-8,13H,9-12,14H2,1H3,(H,22,26). The zero-order chi connectivity index (χ0) is 18.5. The fourth-order valence-electron chi connectivity index (χ4n) is 2.99. The Morgan fingerprint density at radius 1 is 1.12 bits per heavy atom. The molecule has 2 aromatic carbocycles. The highest BCUT2D eigenvalue weighted by molar-refractivity contribution is 7.80. The lowest BCUT2D eigenvalue weighted by atomic mass is 10.1. The summed E-state index contributed by atoms with van der Waals surface area (Å²) >= 11 is 11.6. The predicted octanol–water partition coefficient (Wildman–Crippen LogP) is 4.06. The molecular formula is C20H22ClN3OS. The minimum Gasteiger partial charge on any atom is -0.346 e. The summed E-state index contributed by atoms with van der Waals surface area (Å²) < 4.78 is 0. The average Bonchev–Trinajstić information content (AvgIpc) is 2.63. The van der Waals surface area contributed by atoms with Crippen LogP contribution < -0.4 is 5.32 Å². The first-order chi connectivity index (χ1) is 12.5. The molecule has 0 atom stereocenters. The molecule has 136 valence electrons. The first-order valence-corrected chi connectivity index (χ1v) is 9.43. The number of rotatable bonds is 4. The number of hydrogen-bond acceptors (Lipinski definition) is 3. The first kappa shape index (κ1) is 18.8. The van der Waals surface area contributed by atoms with E-state index in [0.29, 0.717) is 5.56 Å². The maximum absolute atomic E-state index is 11.3. The molecule has 0 unspecified atom stereocenters. The third kappa shape index (κ3) is 5.04. The SMILES string of the molecule is CC(=O)c1ccc(NC(=S)N2CCN(Cc3cccc(Cl)c3)CC2)cc1. The van der Waals surface area contributed by atoms with Crippen LogP contribution in [0.1, 0.15) is 22.8 Å². The van der Waals surface area contributed by atoms with Crippen LogP contribution in [0.15, 0.2) is 48.5 Å². The summed E-state index contributed by atoms with van der Waals surface area (Å²) in [5.41, 5.74) is 2.84. The quantitative estimate of drug-likeness (QED) is 0.632. The second-order valence-electron chi connectivity index (χ2n) is 6.46. The lowest BCUT2D eigenvalue weighted by molar-refractivity contribution is 0.101. The van der Waals surface area contributed by atoms with Gasteiger partial charge in [0.1, 0.15) is 0 Å². The zero-order valence-electron chi connectivity index (χ0n) is 14.7. The first-order valence-electron chi connectivity index (χ1n) is 8.65. The highest BCUT2D eigenvalue weighted by Crippen LogP contribution is 2.15. The minimum absolute atomic E-state index is 0.0648. The van der Waals surface area contributed by atoms with Crippen molar-refractivity contribution in [3.63, 3.8) is 0 Å². The fraction of sp³-hybridized carbons (Fsp3) is 0.300. The van der Waals surface area contributed by atoms with E-state index < -0.39 is 0 Å². The van der Waals surface area contributed by atoms with E-state index in [0.717, 1.165) is 48.5 Å². The Labute approximate surface area is 164 Å². The molecule has 0 aliphatic carbocycles. The van der Waals surface area contributed by atoms with E-state index in [2.05, 4.69) is 21.2 Å². The summed E-state index contributed by atoms with van der Waals surface area (Å²) in [6, 6.07) is 15.4. The number of Topliss-reactive ketones (excluding diaryl/α,β-unsaturated/α-hetero) is 1. The van der Waals surface area contributed by atoms with Crippen molar-refractivity contribution in [2.45, 2.75) is 13.5 Å². The number of piperazine rings is 1. The van der Waals surface area contributed by atoms with Crippen LogP contribution >= 0.6 is 23.8 Å². The van der Waals surface area contributed by atoms with E-state index in [-0.39, 0.29) is 5.78 Å². The van der Waals surface area contributed by atoms with E-state index >= 15 is 0 Å². The van der Waals surface area contributed by atoms with Crippen LogP contribution in [0, 0.1) is 0 Å². The average molecular weight is 388 g/mol. The maximum Gasteiger partial charge on any atom is 0.173 e. The van der Waals surface area contributed by atoms with Gasteiger partial charge in [-0.3, -0.25) is 9.69 Å². The second kappa shape index (κ2) is 8.62. The largest absolute Gasteiger partial charge is 0.346 e. The smallest absolute Gasteiger partial charge is 0.173 e. The summed E-state index contributed by atoms with van der Waals surface area (Å²) in [5, 5.41) is 4.76. The Morgan fingerprint density at radius 3 is 2.42 bits per heavy atom. The van der Waals surface area contributed by atoms with Gasteiger partial charge in [-0.2, -0.15) is 0 Å². The molecule has 1 aliphatic rings. The number of benzene rings is 2. The van der Waals surface area contributed by atoms with Crippen LogP contribution in [-0.4, -0.2) is 46.9 Å². The molecule has 1 heterocycles. The number of halogens is 1. The molecule has 1 saturated heterocycles. The van der Waals surface area contributed by atoms with E-state index in [4.69, 9.17) is 23.8 Å². The van der Waals surface area contributed by atoms with Gasteiger partial charge in [0.15, 0.2) is 10.9 Å². The van der Waals surface area contributed by atoms with Crippen molar-refractivity contribution in [2.24, 2.45) is 0 Å². The molecule has 26 heavy (non-hydrogen) atoms. The Kier molecular flexibility index (Phi) is 6.25. The fourth-order valence-corrected chi connectivity index (χ4v) is 3.51. The third-order valence-corrected chi connectivity index (χ3v) is 5.09. The molecule has 1 fully saturated rings. The monoisotopic (exact) mass is 387 g/mol. The highest BCUT2D eigenvalue weighted by Gasteiger charge is 2.19. The van der Waals surface area contributed by atoms with Gasteiger partial charge in [0, 0.05) is 49.0 Å². The van der Waals surface area contributed by atoms with Crippen molar-refractivity contribution in [2.75, 3.05) is 31.5 Å². The molecule has 1 aliphatic heterocycles. The van der Waals surface area contributed by atoms with Crippen molar-refractivity contribution in [1.82, 2.24) is 9.80 Å². The zero-order valence-corrected chi connectivity index (χ0v) is 16.3. The lowest BCUT2D eigenvalue weighted by Gasteiger charge is -2.36. The Bertz CT molecular complexity index is 786. The number of hydrogen-bond donors (Lipinski definition) is 1. The van der Waals surface area contributed by atoms with Gasteiger partial charge in [-0.1, -0.05) is 23.7 Å². The molecule has 0 spiro atoms. The number of carbonyl (C=O) groups excluding carboxylic acids is 1. The predicted molar refractivity (Wildman–Crippen MR) is 111 cm³/mol.